The van der Waals surface area contributed by atoms with Gasteiger partial charge in [-0.3, -0.25) is 9.59 Å². The maximum absolute atomic E-state index is 11.2. The summed E-state index contributed by atoms with van der Waals surface area (Å²) in [5.74, 6) is -1.52. The Balaban J connectivity index is 3.82. The number of carboxylic acid groups (broad SMARTS) is 1. The van der Waals surface area contributed by atoms with Gasteiger partial charge in [-0.1, -0.05) is 13.8 Å². The number of carbonyl (C=O) groups is 2. The van der Waals surface area contributed by atoms with E-state index < -0.39 is 11.9 Å². The van der Waals surface area contributed by atoms with Crippen LogP contribution in [0.2, 0.25) is 0 Å². The highest BCUT2D eigenvalue weighted by molar-refractivity contribution is 5.75. The minimum atomic E-state index is -0.817. The van der Waals surface area contributed by atoms with E-state index in [9.17, 15) is 9.59 Å². The predicted molar refractivity (Wildman–Crippen MR) is 55.5 cm³/mol. The molecule has 0 rings (SSSR count). The Hall–Kier alpha value is -1.10. The molecule has 5 nitrogen and oxygen atoms in total. The third-order valence-electron chi connectivity index (χ3n) is 2.28. The Morgan fingerprint density at radius 1 is 1.47 bits per heavy atom. The fourth-order valence-electron chi connectivity index (χ4n) is 1.13. The summed E-state index contributed by atoms with van der Waals surface area (Å²) in [6.07, 6.45) is 1.14. The zero-order chi connectivity index (χ0) is 11.8. The minimum Gasteiger partial charge on any atom is -0.481 e. The predicted octanol–water partition coefficient (Wildman–Crippen LogP) is 0.638. The average molecular weight is 217 g/mol. The van der Waals surface area contributed by atoms with Gasteiger partial charge in [0.1, 0.15) is 6.04 Å². The van der Waals surface area contributed by atoms with Crippen LogP contribution in [0.4, 0.5) is 0 Å². The summed E-state index contributed by atoms with van der Waals surface area (Å²) in [5.41, 5.74) is 0. The van der Waals surface area contributed by atoms with Crippen LogP contribution in [0.3, 0.4) is 0 Å². The standard InChI is InChI=1S/C10H19NO4/c1-4-8(10(14)15-3)11-6-5-7(2)9(12)13/h7-8,11H,4-6H2,1-3H3,(H,12,13). The highest BCUT2D eigenvalue weighted by Gasteiger charge is 2.17. The molecule has 0 aromatic rings. The van der Waals surface area contributed by atoms with Gasteiger partial charge < -0.3 is 15.2 Å². The summed E-state index contributed by atoms with van der Waals surface area (Å²) in [6.45, 7) is 4.01. The lowest BCUT2D eigenvalue weighted by atomic mass is 10.1. The lowest BCUT2D eigenvalue weighted by Crippen LogP contribution is -2.38. The molecule has 2 atom stereocenters. The van der Waals surface area contributed by atoms with E-state index in [1.165, 1.54) is 7.11 Å². The van der Waals surface area contributed by atoms with E-state index in [0.29, 0.717) is 19.4 Å². The molecule has 0 amide bonds. The molecule has 0 fully saturated rings. The first-order valence-corrected chi connectivity index (χ1v) is 5.06. The first-order valence-electron chi connectivity index (χ1n) is 5.06. The summed E-state index contributed by atoms with van der Waals surface area (Å²) >= 11 is 0. The van der Waals surface area contributed by atoms with Crippen LogP contribution in [0.25, 0.3) is 0 Å². The number of rotatable bonds is 7. The second kappa shape index (κ2) is 7.23. The van der Waals surface area contributed by atoms with Gasteiger partial charge in [0, 0.05) is 0 Å². The molecule has 0 spiro atoms. The van der Waals surface area contributed by atoms with Gasteiger partial charge in [-0.05, 0) is 19.4 Å². The number of aliphatic carboxylic acids is 1. The zero-order valence-corrected chi connectivity index (χ0v) is 9.45. The molecule has 0 aliphatic heterocycles. The number of esters is 1. The number of hydrogen-bond donors (Lipinski definition) is 2. The van der Waals surface area contributed by atoms with Crippen LogP contribution >= 0.6 is 0 Å². The maximum atomic E-state index is 11.2. The molecule has 0 aliphatic rings. The van der Waals surface area contributed by atoms with E-state index in [1.54, 1.807) is 6.92 Å². The van der Waals surface area contributed by atoms with Crippen molar-refractivity contribution in [3.63, 3.8) is 0 Å². The normalized spacial score (nSPS) is 14.3. The second-order valence-corrected chi connectivity index (χ2v) is 3.47. The van der Waals surface area contributed by atoms with Crippen molar-refractivity contribution in [3.8, 4) is 0 Å². The molecule has 0 heterocycles. The van der Waals surface area contributed by atoms with Gasteiger partial charge in [-0.15, -0.1) is 0 Å². The number of carboxylic acids is 1. The molecule has 0 radical (unpaired) electrons. The second-order valence-electron chi connectivity index (χ2n) is 3.47. The van der Waals surface area contributed by atoms with Gasteiger partial charge in [0.05, 0.1) is 13.0 Å². The quantitative estimate of drug-likeness (QED) is 0.612. The Morgan fingerprint density at radius 2 is 2.07 bits per heavy atom. The number of nitrogens with one attached hydrogen (secondary N) is 1. The maximum Gasteiger partial charge on any atom is 0.322 e. The van der Waals surface area contributed by atoms with E-state index >= 15 is 0 Å². The van der Waals surface area contributed by atoms with Crippen molar-refractivity contribution >= 4 is 11.9 Å². The number of ether oxygens (including phenoxy) is 1. The average Bonchev–Trinajstić information content (AvgIpc) is 2.22. The van der Waals surface area contributed by atoms with Gasteiger partial charge >= 0.3 is 11.9 Å². The lowest BCUT2D eigenvalue weighted by molar-refractivity contribution is -0.143. The Kier molecular flexibility index (Phi) is 6.70. The Bertz CT molecular complexity index is 217. The van der Waals surface area contributed by atoms with Crippen LogP contribution in [0.15, 0.2) is 0 Å². The smallest absolute Gasteiger partial charge is 0.322 e. The van der Waals surface area contributed by atoms with Gasteiger partial charge in [0.25, 0.3) is 0 Å². The van der Waals surface area contributed by atoms with Gasteiger partial charge in [0.15, 0.2) is 0 Å². The first-order chi connectivity index (χ1) is 7.02. The largest absolute Gasteiger partial charge is 0.481 e. The van der Waals surface area contributed by atoms with Gasteiger partial charge in [0.2, 0.25) is 0 Å². The van der Waals surface area contributed by atoms with Crippen LogP contribution in [0.1, 0.15) is 26.7 Å². The molecule has 2 N–H and O–H groups in total. The molecule has 15 heavy (non-hydrogen) atoms. The highest BCUT2D eigenvalue weighted by atomic mass is 16.5. The van der Waals surface area contributed by atoms with E-state index in [0.717, 1.165) is 0 Å². The third-order valence-corrected chi connectivity index (χ3v) is 2.28. The fourth-order valence-corrected chi connectivity index (χ4v) is 1.13. The van der Waals surface area contributed by atoms with E-state index in [4.69, 9.17) is 5.11 Å². The van der Waals surface area contributed by atoms with Gasteiger partial charge in [-0.2, -0.15) is 0 Å². The van der Waals surface area contributed by atoms with Crippen LogP contribution in [-0.4, -0.2) is 36.7 Å². The van der Waals surface area contributed by atoms with Crippen molar-refractivity contribution in [2.24, 2.45) is 5.92 Å². The summed E-state index contributed by atoms with van der Waals surface area (Å²) in [5, 5.41) is 11.6. The van der Waals surface area contributed by atoms with Crippen LogP contribution in [0.5, 0.6) is 0 Å². The molecule has 0 aromatic carbocycles. The first kappa shape index (κ1) is 13.9. The van der Waals surface area contributed by atoms with Crippen LogP contribution < -0.4 is 5.32 Å². The summed E-state index contributed by atoms with van der Waals surface area (Å²) in [6, 6.07) is -0.337. The Labute approximate surface area is 89.8 Å². The molecular weight excluding hydrogens is 198 g/mol. The lowest BCUT2D eigenvalue weighted by Gasteiger charge is -2.15. The molecule has 0 aromatic heterocycles. The van der Waals surface area contributed by atoms with Crippen molar-refractivity contribution in [1.29, 1.82) is 0 Å². The van der Waals surface area contributed by atoms with E-state index in [1.807, 2.05) is 6.92 Å². The zero-order valence-electron chi connectivity index (χ0n) is 9.45. The molecule has 5 heteroatoms. The van der Waals surface area contributed by atoms with E-state index in [-0.39, 0.29) is 12.0 Å². The van der Waals surface area contributed by atoms with E-state index in [2.05, 4.69) is 10.1 Å². The topological polar surface area (TPSA) is 75.6 Å². The molecular formula is C10H19NO4. The molecule has 0 bridgehead atoms. The molecule has 88 valence electrons. The minimum absolute atomic E-state index is 0.305. The van der Waals surface area contributed by atoms with Crippen molar-refractivity contribution in [2.45, 2.75) is 32.7 Å². The number of carbonyl (C=O) groups excluding carboxylic acids is 1. The van der Waals surface area contributed by atoms with Gasteiger partial charge in [-0.25, -0.2) is 0 Å². The van der Waals surface area contributed by atoms with Crippen molar-refractivity contribution in [3.05, 3.63) is 0 Å². The van der Waals surface area contributed by atoms with Crippen molar-refractivity contribution < 1.29 is 19.4 Å². The third kappa shape index (κ3) is 5.37. The summed E-state index contributed by atoms with van der Waals surface area (Å²) in [4.78, 5) is 21.7. The number of methoxy groups -OCH3 is 1. The molecule has 0 aliphatic carbocycles. The molecule has 0 saturated heterocycles. The van der Waals surface area contributed by atoms with Crippen LogP contribution in [0, 0.1) is 5.92 Å². The molecule has 2 unspecified atom stereocenters. The number of hydrogen-bond acceptors (Lipinski definition) is 4. The fraction of sp³-hybridized carbons (Fsp3) is 0.800. The summed E-state index contributed by atoms with van der Waals surface area (Å²) in [7, 11) is 1.34. The monoisotopic (exact) mass is 217 g/mol. The Morgan fingerprint density at radius 3 is 2.47 bits per heavy atom. The SMILES string of the molecule is CCC(NCCC(C)C(=O)O)C(=O)OC. The van der Waals surface area contributed by atoms with Crippen LogP contribution in [-0.2, 0) is 14.3 Å². The summed E-state index contributed by atoms with van der Waals surface area (Å²) < 4.78 is 4.59. The molecule has 0 saturated carbocycles. The van der Waals surface area contributed by atoms with Crippen molar-refractivity contribution in [2.75, 3.05) is 13.7 Å². The highest BCUT2D eigenvalue weighted by Crippen LogP contribution is 2.01. The van der Waals surface area contributed by atoms with Crippen molar-refractivity contribution in [1.82, 2.24) is 5.32 Å².